The van der Waals surface area contributed by atoms with Crippen molar-refractivity contribution >= 4 is 32.7 Å². The molecule has 1 amide bonds. The second-order valence-electron chi connectivity index (χ2n) is 6.89. The van der Waals surface area contributed by atoms with E-state index in [1.165, 1.54) is 4.57 Å². The van der Waals surface area contributed by atoms with Crippen molar-refractivity contribution in [2.45, 2.75) is 38.5 Å². The number of unbranched alkanes of at least 4 members (excludes halogenated alkanes) is 1. The van der Waals surface area contributed by atoms with Gasteiger partial charge in [0.15, 0.2) is 5.58 Å². The summed E-state index contributed by atoms with van der Waals surface area (Å²) >= 11 is 0. The van der Waals surface area contributed by atoms with Crippen molar-refractivity contribution in [2.75, 3.05) is 24.2 Å². The summed E-state index contributed by atoms with van der Waals surface area (Å²) in [6, 6.07) is 4.99. The molecule has 0 saturated carbocycles. The van der Waals surface area contributed by atoms with Gasteiger partial charge in [0.25, 0.3) is 0 Å². The van der Waals surface area contributed by atoms with Crippen LogP contribution in [0, 0.1) is 0 Å². The van der Waals surface area contributed by atoms with Crippen molar-refractivity contribution in [3.8, 4) is 0 Å². The van der Waals surface area contributed by atoms with Gasteiger partial charge in [-0.05, 0) is 43.9 Å². The Balaban J connectivity index is 1.47. The molecule has 1 aromatic heterocycles. The Morgan fingerprint density at radius 2 is 1.93 bits per heavy atom. The zero-order valence-corrected chi connectivity index (χ0v) is 16.3. The van der Waals surface area contributed by atoms with Gasteiger partial charge in [-0.15, -0.1) is 0 Å². The summed E-state index contributed by atoms with van der Waals surface area (Å²) in [6.07, 6.45) is 4.15. The third-order valence-corrected chi connectivity index (χ3v) is 6.80. The number of aryl methyl sites for hydroxylation is 1. The van der Waals surface area contributed by atoms with Crippen LogP contribution in [0.25, 0.3) is 11.1 Å². The summed E-state index contributed by atoms with van der Waals surface area (Å²) < 4.78 is 32.5. The molecule has 0 spiro atoms. The fraction of sp³-hybridized carbons (Fsp3) is 0.556. The van der Waals surface area contributed by atoms with E-state index in [0.29, 0.717) is 42.7 Å². The highest BCUT2D eigenvalue weighted by atomic mass is 32.2. The monoisotopic (exact) mass is 395 g/mol. The number of nitrogens with one attached hydrogen (secondary N) is 1. The van der Waals surface area contributed by atoms with Crippen LogP contribution >= 0.6 is 0 Å². The van der Waals surface area contributed by atoms with E-state index >= 15 is 0 Å². The maximum atomic E-state index is 12.3. The Morgan fingerprint density at radius 3 is 2.67 bits per heavy atom. The van der Waals surface area contributed by atoms with Crippen LogP contribution in [0.15, 0.2) is 27.4 Å². The molecule has 0 unspecified atom stereocenters. The Morgan fingerprint density at radius 1 is 1.19 bits per heavy atom. The quantitative estimate of drug-likeness (QED) is 0.723. The number of benzene rings is 1. The van der Waals surface area contributed by atoms with E-state index in [1.54, 1.807) is 29.6 Å². The van der Waals surface area contributed by atoms with Crippen LogP contribution in [-0.2, 0) is 21.9 Å². The van der Waals surface area contributed by atoms with Crippen molar-refractivity contribution < 1.29 is 17.6 Å². The summed E-state index contributed by atoms with van der Waals surface area (Å²) in [6.45, 7) is 1.23. The predicted octanol–water partition coefficient (Wildman–Crippen LogP) is 2.06. The maximum absolute atomic E-state index is 12.3. The largest absolute Gasteiger partial charge is 0.419 e. The number of amides is 1. The number of oxazole rings is 1. The van der Waals surface area contributed by atoms with E-state index in [0.717, 1.165) is 19.3 Å². The number of aromatic nitrogens is 1. The SMILES string of the molecule is Cn1c(=O)oc2ccc(NC(=O)CCCCS(=O)(=O)N3CCCCC3)cc21. The molecule has 3 rings (SSSR count). The average Bonchev–Trinajstić information content (AvgIpc) is 2.94. The lowest BCUT2D eigenvalue weighted by molar-refractivity contribution is -0.116. The fourth-order valence-electron chi connectivity index (χ4n) is 3.27. The van der Waals surface area contributed by atoms with Crippen LogP contribution in [-0.4, -0.2) is 42.0 Å². The zero-order chi connectivity index (χ0) is 19.4. The van der Waals surface area contributed by atoms with Gasteiger partial charge in [-0.1, -0.05) is 6.42 Å². The number of piperidine rings is 1. The summed E-state index contributed by atoms with van der Waals surface area (Å²) in [4.78, 5) is 23.6. The first-order valence-electron chi connectivity index (χ1n) is 9.24. The Kier molecular flexibility index (Phi) is 6.01. The predicted molar refractivity (Wildman–Crippen MR) is 103 cm³/mol. The van der Waals surface area contributed by atoms with Crippen molar-refractivity contribution in [3.05, 3.63) is 28.7 Å². The molecule has 2 aromatic rings. The number of rotatable bonds is 7. The number of nitrogens with zero attached hydrogens (tertiary/aromatic N) is 2. The van der Waals surface area contributed by atoms with Crippen LogP contribution in [0.2, 0.25) is 0 Å². The smallest absolute Gasteiger partial charge is 0.408 e. The molecular weight excluding hydrogens is 370 g/mol. The second kappa shape index (κ2) is 8.26. The number of carbonyl (C=O) groups excluding carboxylic acids is 1. The van der Waals surface area contributed by atoms with Crippen LogP contribution < -0.4 is 11.1 Å². The third kappa shape index (κ3) is 4.78. The standard InChI is InChI=1S/C18H25N3O5S/c1-20-15-13-14(8-9-16(15)26-18(20)23)19-17(22)7-3-6-12-27(24,25)21-10-4-2-5-11-21/h8-9,13H,2-7,10-12H2,1H3,(H,19,22). The van der Waals surface area contributed by atoms with Gasteiger partial charge in [0, 0.05) is 32.2 Å². The van der Waals surface area contributed by atoms with Crippen LogP contribution in [0.1, 0.15) is 38.5 Å². The highest BCUT2D eigenvalue weighted by Crippen LogP contribution is 2.18. The third-order valence-electron chi connectivity index (χ3n) is 4.84. The molecule has 0 radical (unpaired) electrons. The van der Waals surface area contributed by atoms with E-state index in [-0.39, 0.29) is 18.1 Å². The molecule has 0 bridgehead atoms. The van der Waals surface area contributed by atoms with Crippen molar-refractivity contribution in [1.29, 1.82) is 0 Å². The van der Waals surface area contributed by atoms with Gasteiger partial charge in [-0.25, -0.2) is 17.5 Å². The van der Waals surface area contributed by atoms with E-state index < -0.39 is 15.8 Å². The lowest BCUT2D eigenvalue weighted by atomic mass is 10.2. The van der Waals surface area contributed by atoms with Gasteiger partial charge >= 0.3 is 5.76 Å². The molecule has 1 saturated heterocycles. The molecule has 1 N–H and O–H groups in total. The normalized spacial score (nSPS) is 15.9. The van der Waals surface area contributed by atoms with Gasteiger partial charge in [-0.3, -0.25) is 9.36 Å². The first-order chi connectivity index (χ1) is 12.9. The van der Waals surface area contributed by atoms with Gasteiger partial charge in [-0.2, -0.15) is 0 Å². The number of hydrogen-bond donors (Lipinski definition) is 1. The molecule has 0 aliphatic carbocycles. The minimum absolute atomic E-state index is 0.0867. The van der Waals surface area contributed by atoms with Gasteiger partial charge < -0.3 is 9.73 Å². The average molecular weight is 395 g/mol. The van der Waals surface area contributed by atoms with Crippen molar-refractivity contribution in [1.82, 2.24) is 8.87 Å². The van der Waals surface area contributed by atoms with E-state index in [1.807, 2.05) is 0 Å². The summed E-state index contributed by atoms with van der Waals surface area (Å²) in [5.41, 5.74) is 1.64. The van der Waals surface area contributed by atoms with E-state index in [4.69, 9.17) is 4.42 Å². The summed E-state index contributed by atoms with van der Waals surface area (Å²) in [7, 11) is -1.61. The van der Waals surface area contributed by atoms with Crippen LogP contribution in [0.4, 0.5) is 5.69 Å². The Bertz CT molecular complexity index is 971. The highest BCUT2D eigenvalue weighted by Gasteiger charge is 2.23. The molecule has 148 valence electrons. The number of anilines is 1. The molecule has 9 heteroatoms. The van der Waals surface area contributed by atoms with Crippen molar-refractivity contribution in [3.63, 3.8) is 0 Å². The maximum Gasteiger partial charge on any atom is 0.419 e. The number of carbonyl (C=O) groups is 1. The molecule has 1 fully saturated rings. The Labute approximate surface area is 158 Å². The molecule has 0 atom stereocenters. The molecule has 8 nitrogen and oxygen atoms in total. The van der Waals surface area contributed by atoms with Gasteiger partial charge in [0.1, 0.15) is 0 Å². The fourth-order valence-corrected chi connectivity index (χ4v) is 4.91. The first kappa shape index (κ1) is 19.6. The number of fused-ring (bicyclic) bond motifs is 1. The number of sulfonamides is 1. The Hall–Kier alpha value is -2.13. The summed E-state index contributed by atoms with van der Waals surface area (Å²) in [5, 5.41) is 2.78. The first-order valence-corrected chi connectivity index (χ1v) is 10.8. The topological polar surface area (TPSA) is 102 Å². The minimum atomic E-state index is -3.21. The second-order valence-corrected chi connectivity index (χ2v) is 8.98. The lowest BCUT2D eigenvalue weighted by Gasteiger charge is -2.25. The van der Waals surface area contributed by atoms with Gasteiger partial charge in [0.2, 0.25) is 15.9 Å². The van der Waals surface area contributed by atoms with E-state index in [2.05, 4.69) is 5.32 Å². The zero-order valence-electron chi connectivity index (χ0n) is 15.4. The lowest BCUT2D eigenvalue weighted by Crippen LogP contribution is -2.37. The molecular formula is C18H25N3O5S. The molecule has 1 aliphatic heterocycles. The minimum Gasteiger partial charge on any atom is -0.408 e. The molecule has 27 heavy (non-hydrogen) atoms. The summed E-state index contributed by atoms with van der Waals surface area (Å²) in [5.74, 6) is -0.551. The van der Waals surface area contributed by atoms with Crippen LogP contribution in [0.5, 0.6) is 0 Å². The molecule has 2 heterocycles. The van der Waals surface area contributed by atoms with Crippen molar-refractivity contribution in [2.24, 2.45) is 7.05 Å². The van der Waals surface area contributed by atoms with Crippen LogP contribution in [0.3, 0.4) is 0 Å². The van der Waals surface area contributed by atoms with E-state index in [9.17, 15) is 18.0 Å². The van der Waals surface area contributed by atoms with Gasteiger partial charge in [0.05, 0.1) is 11.3 Å². The number of hydrogen-bond acceptors (Lipinski definition) is 5. The molecule has 1 aliphatic rings. The molecule has 1 aromatic carbocycles. The highest BCUT2D eigenvalue weighted by molar-refractivity contribution is 7.89.